The summed E-state index contributed by atoms with van der Waals surface area (Å²) in [4.78, 5) is 17.6. The van der Waals surface area contributed by atoms with Crippen LogP contribution < -0.4 is 9.47 Å². The number of carbonyl (C=O) groups excluding carboxylic acids is 1. The van der Waals surface area contributed by atoms with E-state index in [1.807, 2.05) is 60.7 Å². The van der Waals surface area contributed by atoms with Crippen molar-refractivity contribution < 1.29 is 14.3 Å². The van der Waals surface area contributed by atoms with Crippen molar-refractivity contribution in [1.29, 1.82) is 0 Å². The number of carbonyl (C=O) groups is 1. The van der Waals surface area contributed by atoms with Crippen LogP contribution in [-0.4, -0.2) is 30.3 Å². The molecule has 4 rings (SSSR count). The maximum Gasteiger partial charge on any atom is 0.174 e. The Hall–Kier alpha value is -2.92. The van der Waals surface area contributed by atoms with E-state index >= 15 is 0 Å². The molecule has 28 heavy (non-hydrogen) atoms. The third-order valence-corrected chi connectivity index (χ3v) is 5.32. The number of hydrogen-bond donors (Lipinski definition) is 0. The molecule has 4 aromatic rings. The predicted molar refractivity (Wildman–Crippen MR) is 116 cm³/mol. The van der Waals surface area contributed by atoms with Gasteiger partial charge in [-0.1, -0.05) is 52.3 Å². The molecule has 0 radical (unpaired) electrons. The van der Waals surface area contributed by atoms with Crippen molar-refractivity contribution in [3.05, 3.63) is 66.2 Å². The molecular weight excluding hydrogens is 418 g/mol. The second-order valence-corrected chi connectivity index (χ2v) is 6.90. The first-order valence-electron chi connectivity index (χ1n) is 8.81. The van der Waals surface area contributed by atoms with Gasteiger partial charge in [0.25, 0.3) is 0 Å². The first-order chi connectivity index (χ1) is 13.7. The zero-order valence-electron chi connectivity index (χ0n) is 15.5. The highest BCUT2D eigenvalue weighted by molar-refractivity contribution is 9.09. The number of hydrogen-bond acceptors (Lipinski definition) is 4. The van der Waals surface area contributed by atoms with Gasteiger partial charge in [0.15, 0.2) is 17.3 Å². The molecule has 140 valence electrons. The van der Waals surface area contributed by atoms with Crippen LogP contribution in [0.25, 0.3) is 32.9 Å². The molecule has 0 bridgehead atoms. The Bertz CT molecular complexity index is 1190. The van der Waals surface area contributed by atoms with Crippen LogP contribution in [0.15, 0.2) is 60.7 Å². The summed E-state index contributed by atoms with van der Waals surface area (Å²) < 4.78 is 11.0. The summed E-state index contributed by atoms with van der Waals surface area (Å²) in [7, 11) is 3.23. The lowest BCUT2D eigenvalue weighted by molar-refractivity contribution is 0.102. The summed E-state index contributed by atoms with van der Waals surface area (Å²) in [5.74, 6) is 1.33. The summed E-state index contributed by atoms with van der Waals surface area (Å²) in [6.07, 6.45) is 0. The van der Waals surface area contributed by atoms with Crippen LogP contribution in [0, 0.1) is 0 Å². The first-order valence-corrected chi connectivity index (χ1v) is 9.93. The molecule has 0 N–H and O–H groups in total. The van der Waals surface area contributed by atoms with E-state index in [4.69, 9.17) is 14.5 Å². The molecule has 0 unspecified atom stereocenters. The van der Waals surface area contributed by atoms with E-state index in [-0.39, 0.29) is 11.1 Å². The van der Waals surface area contributed by atoms with Gasteiger partial charge in [0.2, 0.25) is 0 Å². The van der Waals surface area contributed by atoms with Gasteiger partial charge in [-0.25, -0.2) is 4.98 Å². The molecule has 0 saturated carbocycles. The number of fused-ring (bicyclic) bond motifs is 3. The number of aromatic nitrogens is 1. The van der Waals surface area contributed by atoms with Crippen molar-refractivity contribution in [3.8, 4) is 22.8 Å². The van der Waals surface area contributed by atoms with Gasteiger partial charge < -0.3 is 9.47 Å². The number of halogens is 1. The molecule has 0 saturated heterocycles. The second kappa shape index (κ2) is 7.60. The third kappa shape index (κ3) is 3.02. The fourth-order valence-corrected chi connectivity index (χ4v) is 3.78. The Labute approximate surface area is 171 Å². The van der Waals surface area contributed by atoms with Gasteiger partial charge in [-0.3, -0.25) is 4.79 Å². The first kappa shape index (κ1) is 18.4. The topological polar surface area (TPSA) is 48.4 Å². The minimum atomic E-state index is 0.0180. The zero-order chi connectivity index (χ0) is 19.7. The van der Waals surface area contributed by atoms with Gasteiger partial charge >= 0.3 is 0 Å². The van der Waals surface area contributed by atoms with Crippen LogP contribution in [0.1, 0.15) is 10.4 Å². The van der Waals surface area contributed by atoms with Crippen LogP contribution in [0.2, 0.25) is 0 Å². The van der Waals surface area contributed by atoms with E-state index in [0.29, 0.717) is 17.1 Å². The van der Waals surface area contributed by atoms with Crippen LogP contribution >= 0.6 is 15.9 Å². The van der Waals surface area contributed by atoms with Crippen LogP contribution in [0.3, 0.4) is 0 Å². The molecule has 1 aromatic heterocycles. The minimum Gasteiger partial charge on any atom is -0.493 e. The van der Waals surface area contributed by atoms with Crippen LogP contribution in [0.4, 0.5) is 0 Å². The Morgan fingerprint density at radius 3 is 2.32 bits per heavy atom. The number of Topliss-reactive ketones (excluding diaryl/α,β-unsaturated/α-hetero) is 1. The number of rotatable bonds is 5. The molecular formula is C23H18BrNO3. The van der Waals surface area contributed by atoms with Gasteiger partial charge in [0, 0.05) is 27.3 Å². The van der Waals surface area contributed by atoms with Gasteiger partial charge in [0.1, 0.15) is 0 Å². The average molecular weight is 436 g/mol. The number of ether oxygens (including phenoxy) is 2. The lowest BCUT2D eigenvalue weighted by Crippen LogP contribution is -2.03. The Balaban J connectivity index is 2.12. The number of alkyl halides is 1. The van der Waals surface area contributed by atoms with Crippen molar-refractivity contribution in [1.82, 2.24) is 4.98 Å². The van der Waals surface area contributed by atoms with Crippen LogP contribution in [-0.2, 0) is 0 Å². The van der Waals surface area contributed by atoms with Crippen molar-refractivity contribution in [2.75, 3.05) is 19.5 Å². The van der Waals surface area contributed by atoms with E-state index in [2.05, 4.69) is 15.9 Å². The van der Waals surface area contributed by atoms with Gasteiger partial charge in [-0.2, -0.15) is 0 Å². The summed E-state index contributed by atoms with van der Waals surface area (Å²) >= 11 is 3.30. The van der Waals surface area contributed by atoms with Crippen molar-refractivity contribution in [2.24, 2.45) is 0 Å². The standard InChI is InChI=1S/C23H18BrNO3/c1-27-21-11-10-15-17(23(21)28-2)9-8-16-18(20(26)13-24)12-19(25-22(15)16)14-6-4-3-5-7-14/h3-12H,13H2,1-2H3. The number of nitrogens with zero attached hydrogens (tertiary/aromatic N) is 1. The minimum absolute atomic E-state index is 0.0180. The number of methoxy groups -OCH3 is 2. The van der Waals surface area contributed by atoms with Gasteiger partial charge in [-0.05, 0) is 24.3 Å². The van der Waals surface area contributed by atoms with E-state index in [9.17, 15) is 4.79 Å². The van der Waals surface area contributed by atoms with E-state index < -0.39 is 0 Å². The maximum absolute atomic E-state index is 12.7. The predicted octanol–water partition coefficient (Wildman–Crippen LogP) is 5.65. The Kier molecular flexibility index (Phi) is 5.01. The fraction of sp³-hybridized carbons (Fsp3) is 0.130. The molecule has 0 spiro atoms. The highest BCUT2D eigenvalue weighted by atomic mass is 79.9. The number of benzene rings is 3. The lowest BCUT2D eigenvalue weighted by Gasteiger charge is -2.14. The molecule has 3 aromatic carbocycles. The quantitative estimate of drug-likeness (QED) is 0.231. The van der Waals surface area contributed by atoms with Gasteiger partial charge in [0.05, 0.1) is 30.8 Å². The van der Waals surface area contributed by atoms with Crippen molar-refractivity contribution in [3.63, 3.8) is 0 Å². The van der Waals surface area contributed by atoms with E-state index in [1.165, 1.54) is 0 Å². The molecule has 0 aliphatic heterocycles. The molecule has 0 atom stereocenters. The fourth-order valence-electron chi connectivity index (χ4n) is 3.48. The largest absolute Gasteiger partial charge is 0.493 e. The summed E-state index contributed by atoms with van der Waals surface area (Å²) in [6.45, 7) is 0. The molecule has 0 amide bonds. The molecule has 4 nitrogen and oxygen atoms in total. The smallest absolute Gasteiger partial charge is 0.174 e. The molecule has 0 fully saturated rings. The number of pyridine rings is 1. The molecule has 5 heteroatoms. The Morgan fingerprint density at radius 1 is 0.929 bits per heavy atom. The van der Waals surface area contributed by atoms with E-state index in [0.717, 1.165) is 32.9 Å². The maximum atomic E-state index is 12.7. The molecule has 1 heterocycles. The number of ketones is 1. The molecule has 0 aliphatic rings. The van der Waals surface area contributed by atoms with Crippen molar-refractivity contribution in [2.45, 2.75) is 0 Å². The zero-order valence-corrected chi connectivity index (χ0v) is 17.1. The summed E-state index contributed by atoms with van der Waals surface area (Å²) in [6, 6.07) is 19.4. The second-order valence-electron chi connectivity index (χ2n) is 6.34. The summed E-state index contributed by atoms with van der Waals surface area (Å²) in [5, 5.41) is 2.88. The Morgan fingerprint density at radius 2 is 1.64 bits per heavy atom. The SMILES string of the molecule is COc1ccc2c(ccc3c(C(=O)CBr)cc(-c4ccccc4)nc32)c1OC. The highest BCUT2D eigenvalue weighted by Gasteiger charge is 2.17. The van der Waals surface area contributed by atoms with E-state index in [1.54, 1.807) is 14.2 Å². The summed E-state index contributed by atoms with van der Waals surface area (Å²) in [5.41, 5.74) is 3.15. The highest BCUT2D eigenvalue weighted by Crippen LogP contribution is 2.39. The average Bonchev–Trinajstić information content (AvgIpc) is 2.77. The van der Waals surface area contributed by atoms with Crippen LogP contribution in [0.5, 0.6) is 11.5 Å². The van der Waals surface area contributed by atoms with Gasteiger partial charge in [-0.15, -0.1) is 0 Å². The third-order valence-electron chi connectivity index (χ3n) is 4.81. The normalized spacial score (nSPS) is 11.0. The molecule has 0 aliphatic carbocycles. The lowest BCUT2D eigenvalue weighted by atomic mass is 9.98. The van der Waals surface area contributed by atoms with Crippen molar-refractivity contribution >= 4 is 43.4 Å². The monoisotopic (exact) mass is 435 g/mol.